The van der Waals surface area contributed by atoms with Crippen molar-refractivity contribution in [3.8, 4) is 11.6 Å². The van der Waals surface area contributed by atoms with Crippen molar-refractivity contribution < 1.29 is 9.84 Å². The van der Waals surface area contributed by atoms with Gasteiger partial charge in [-0.1, -0.05) is 30.4 Å². The summed E-state index contributed by atoms with van der Waals surface area (Å²) in [5, 5.41) is 15.3. The van der Waals surface area contributed by atoms with Crippen LogP contribution in [0.15, 0.2) is 24.3 Å². The molecule has 26 heavy (non-hydrogen) atoms. The van der Waals surface area contributed by atoms with E-state index in [0.717, 1.165) is 46.5 Å². The highest BCUT2D eigenvalue weighted by Crippen LogP contribution is 2.41. The van der Waals surface area contributed by atoms with Crippen molar-refractivity contribution in [1.29, 1.82) is 0 Å². The predicted octanol–water partition coefficient (Wildman–Crippen LogP) is 3.64. The first-order valence-electron chi connectivity index (χ1n) is 9.25. The van der Waals surface area contributed by atoms with Crippen molar-refractivity contribution in [2.45, 2.75) is 39.2 Å². The average Bonchev–Trinajstić information content (AvgIpc) is 3.37. The number of fused-ring (bicyclic) bond motifs is 1. The van der Waals surface area contributed by atoms with Crippen molar-refractivity contribution in [2.75, 3.05) is 19.7 Å². The number of hydrogen-bond donors (Lipinski definition) is 1. The van der Waals surface area contributed by atoms with E-state index in [2.05, 4.69) is 27.1 Å². The maximum Gasteiger partial charge on any atom is 0.230 e. The molecule has 1 aliphatic rings. The molecule has 3 heterocycles. The van der Waals surface area contributed by atoms with Crippen molar-refractivity contribution in [3.63, 3.8) is 0 Å². The number of rotatable bonds is 6. The molecule has 1 aromatic carbocycles. The zero-order valence-electron chi connectivity index (χ0n) is 15.2. The predicted molar refractivity (Wildman–Crippen MR) is 102 cm³/mol. The maximum atomic E-state index is 10.8. The summed E-state index contributed by atoms with van der Waals surface area (Å²) in [6.45, 7) is 6.72. The summed E-state index contributed by atoms with van der Waals surface area (Å²) < 4.78 is 7.15. The zero-order valence-corrected chi connectivity index (χ0v) is 16.0. The second kappa shape index (κ2) is 7.25. The van der Waals surface area contributed by atoms with Crippen LogP contribution >= 0.6 is 11.3 Å². The van der Waals surface area contributed by atoms with Gasteiger partial charge in [-0.25, -0.2) is 4.98 Å². The maximum absolute atomic E-state index is 10.8. The molecule has 0 aliphatic carbocycles. The molecule has 1 fully saturated rings. The fourth-order valence-electron chi connectivity index (χ4n) is 3.56. The summed E-state index contributed by atoms with van der Waals surface area (Å²) >= 11 is 1.53. The van der Waals surface area contributed by atoms with Gasteiger partial charge >= 0.3 is 0 Å². The number of benzene rings is 1. The number of thiazole rings is 1. The van der Waals surface area contributed by atoms with Crippen LogP contribution < -0.4 is 4.74 Å². The van der Waals surface area contributed by atoms with E-state index in [1.165, 1.54) is 24.2 Å². The van der Waals surface area contributed by atoms with Crippen molar-refractivity contribution in [3.05, 3.63) is 40.5 Å². The molecule has 0 spiro atoms. The van der Waals surface area contributed by atoms with Gasteiger partial charge in [0.1, 0.15) is 5.75 Å². The van der Waals surface area contributed by atoms with Gasteiger partial charge in [0.25, 0.3) is 0 Å². The summed E-state index contributed by atoms with van der Waals surface area (Å²) in [4.78, 5) is 8.62. The summed E-state index contributed by atoms with van der Waals surface area (Å²) in [5.41, 5.74) is 1.16. The van der Waals surface area contributed by atoms with Crippen LogP contribution in [0, 0.1) is 0 Å². The molecular weight excluding hydrogens is 348 g/mol. The van der Waals surface area contributed by atoms with E-state index < -0.39 is 0 Å². The molecule has 0 unspecified atom stereocenters. The van der Waals surface area contributed by atoms with Crippen LogP contribution in [-0.4, -0.2) is 44.3 Å². The molecule has 2 aromatic heterocycles. The van der Waals surface area contributed by atoms with Gasteiger partial charge in [-0.15, -0.1) is 5.10 Å². The normalized spacial score (nSPS) is 16.4. The molecule has 3 aromatic rings. The van der Waals surface area contributed by atoms with E-state index >= 15 is 0 Å². The second-order valence-electron chi connectivity index (χ2n) is 6.51. The third kappa shape index (κ3) is 3.05. The molecule has 1 N–H and O–H groups in total. The monoisotopic (exact) mass is 372 g/mol. The number of hydrogen-bond acceptors (Lipinski definition) is 6. The van der Waals surface area contributed by atoms with Gasteiger partial charge in [-0.3, -0.25) is 4.90 Å². The lowest BCUT2D eigenvalue weighted by Crippen LogP contribution is -2.26. The Kier molecular flexibility index (Phi) is 4.82. The fraction of sp³-hybridized carbons (Fsp3) is 0.474. The molecule has 4 rings (SSSR count). The van der Waals surface area contributed by atoms with Gasteiger partial charge in [0.15, 0.2) is 5.82 Å². The Morgan fingerprint density at radius 3 is 2.54 bits per heavy atom. The lowest BCUT2D eigenvalue weighted by Gasteiger charge is -2.27. The van der Waals surface area contributed by atoms with Crippen molar-refractivity contribution >= 4 is 16.3 Å². The van der Waals surface area contributed by atoms with Crippen molar-refractivity contribution in [2.24, 2.45) is 0 Å². The minimum absolute atomic E-state index is 0.0201. The molecule has 138 valence electrons. The highest BCUT2D eigenvalue weighted by molar-refractivity contribution is 7.17. The van der Waals surface area contributed by atoms with Crippen LogP contribution in [-0.2, 0) is 6.42 Å². The molecule has 0 radical (unpaired) electrons. The van der Waals surface area contributed by atoms with E-state index in [1.807, 2.05) is 26.0 Å². The van der Waals surface area contributed by atoms with Gasteiger partial charge in [-0.05, 0) is 50.6 Å². The molecule has 0 saturated carbocycles. The third-order valence-electron chi connectivity index (χ3n) is 4.82. The fourth-order valence-corrected chi connectivity index (χ4v) is 4.70. The minimum Gasteiger partial charge on any atom is -0.494 e. The number of aryl methyl sites for hydroxylation is 1. The SMILES string of the molecule is CCOc1ccc([C@H](c2sc3nc(CC)nn3c2O)N2CCCC2)cc1. The third-order valence-corrected chi connectivity index (χ3v) is 5.89. The van der Waals surface area contributed by atoms with E-state index in [0.29, 0.717) is 6.61 Å². The molecule has 1 saturated heterocycles. The lowest BCUT2D eigenvalue weighted by molar-refractivity contribution is 0.276. The Balaban J connectivity index is 1.75. The summed E-state index contributed by atoms with van der Waals surface area (Å²) in [5.74, 6) is 1.84. The average molecular weight is 372 g/mol. The lowest BCUT2D eigenvalue weighted by atomic mass is 10.0. The first-order valence-corrected chi connectivity index (χ1v) is 10.1. The molecule has 1 atom stereocenters. The largest absolute Gasteiger partial charge is 0.494 e. The Morgan fingerprint density at radius 2 is 1.92 bits per heavy atom. The quantitative estimate of drug-likeness (QED) is 0.716. The van der Waals surface area contributed by atoms with Gasteiger partial charge in [0, 0.05) is 6.42 Å². The smallest absolute Gasteiger partial charge is 0.230 e. The Hall–Kier alpha value is -2.12. The zero-order chi connectivity index (χ0) is 18.1. The minimum atomic E-state index is 0.0201. The topological polar surface area (TPSA) is 62.9 Å². The summed E-state index contributed by atoms with van der Waals surface area (Å²) in [6, 6.07) is 8.23. The number of ether oxygens (including phenoxy) is 1. The van der Waals surface area contributed by atoms with Crippen LogP contribution in [0.5, 0.6) is 11.6 Å². The van der Waals surface area contributed by atoms with Gasteiger partial charge < -0.3 is 9.84 Å². The van der Waals surface area contributed by atoms with E-state index in [9.17, 15) is 5.11 Å². The number of aromatic hydroxyl groups is 1. The van der Waals surface area contributed by atoms with Gasteiger partial charge in [0.2, 0.25) is 10.8 Å². The Labute approximate surface area is 157 Å². The second-order valence-corrected chi connectivity index (χ2v) is 7.52. The molecule has 1 aliphatic heterocycles. The standard InChI is InChI=1S/C19H24N4O2S/c1-3-15-20-19-23(21-15)18(24)17(26-19)16(22-11-5-6-12-22)13-7-9-14(10-8-13)25-4-2/h7-10,16,24H,3-6,11-12H2,1-2H3/t16-/m1/s1. The first-order chi connectivity index (χ1) is 12.7. The summed E-state index contributed by atoms with van der Waals surface area (Å²) in [7, 11) is 0. The van der Waals surface area contributed by atoms with Crippen LogP contribution in [0.1, 0.15) is 49.0 Å². The van der Waals surface area contributed by atoms with E-state index in [1.54, 1.807) is 4.52 Å². The van der Waals surface area contributed by atoms with Gasteiger partial charge in [0.05, 0.1) is 17.5 Å². The van der Waals surface area contributed by atoms with Crippen LogP contribution in [0.2, 0.25) is 0 Å². The Bertz CT molecular complexity index is 881. The van der Waals surface area contributed by atoms with E-state index in [4.69, 9.17) is 4.74 Å². The van der Waals surface area contributed by atoms with Crippen LogP contribution in [0.3, 0.4) is 0 Å². The van der Waals surface area contributed by atoms with Crippen molar-refractivity contribution in [1.82, 2.24) is 19.5 Å². The number of likely N-dealkylation sites (tertiary alicyclic amines) is 1. The van der Waals surface area contributed by atoms with Gasteiger partial charge in [-0.2, -0.15) is 4.52 Å². The Morgan fingerprint density at radius 1 is 1.19 bits per heavy atom. The molecule has 6 nitrogen and oxygen atoms in total. The summed E-state index contributed by atoms with van der Waals surface area (Å²) in [6.07, 6.45) is 3.14. The molecular formula is C19H24N4O2S. The number of aromatic nitrogens is 3. The molecule has 0 bridgehead atoms. The molecule has 0 amide bonds. The van der Waals surface area contributed by atoms with E-state index in [-0.39, 0.29) is 11.9 Å². The van der Waals surface area contributed by atoms with Crippen LogP contribution in [0.4, 0.5) is 0 Å². The first kappa shape index (κ1) is 17.3. The molecule has 7 heteroatoms. The highest BCUT2D eigenvalue weighted by atomic mass is 32.1. The van der Waals surface area contributed by atoms with Crippen LogP contribution in [0.25, 0.3) is 4.96 Å². The highest BCUT2D eigenvalue weighted by Gasteiger charge is 2.31. The number of nitrogens with zero attached hydrogens (tertiary/aromatic N) is 4.